The second-order valence-electron chi connectivity index (χ2n) is 6.23. The highest BCUT2D eigenvalue weighted by Gasteiger charge is 2.30. The largest absolute Gasteiger partial charge is 0.368 e. The van der Waals surface area contributed by atoms with Crippen LogP contribution in [0.25, 0.3) is 0 Å². The van der Waals surface area contributed by atoms with Crippen molar-refractivity contribution in [2.24, 2.45) is 0 Å². The van der Waals surface area contributed by atoms with Gasteiger partial charge in [-0.1, -0.05) is 18.3 Å². The van der Waals surface area contributed by atoms with Gasteiger partial charge in [0.15, 0.2) is 0 Å². The third-order valence-corrected chi connectivity index (χ3v) is 4.65. The lowest BCUT2D eigenvalue weighted by Crippen LogP contribution is -2.42. The van der Waals surface area contributed by atoms with Crippen LogP contribution in [0.15, 0.2) is 6.07 Å². The summed E-state index contributed by atoms with van der Waals surface area (Å²) >= 11 is 1.16. The zero-order chi connectivity index (χ0) is 17.3. The van der Waals surface area contributed by atoms with Crippen LogP contribution in [0.5, 0.6) is 0 Å². The molecule has 1 atom stereocenters. The summed E-state index contributed by atoms with van der Waals surface area (Å²) < 4.78 is 9.79. The van der Waals surface area contributed by atoms with Gasteiger partial charge in [0.2, 0.25) is 0 Å². The molecule has 1 aliphatic heterocycles. The Bertz CT molecular complexity index is 726. The molecule has 7 nitrogen and oxygen atoms in total. The molecule has 0 aromatic carbocycles. The number of nitrogens with zero attached hydrogens (tertiary/aromatic N) is 5. The predicted molar refractivity (Wildman–Crippen MR) is 90.1 cm³/mol. The van der Waals surface area contributed by atoms with Gasteiger partial charge in [-0.2, -0.15) is 0 Å². The van der Waals surface area contributed by atoms with Gasteiger partial charge in [-0.05, 0) is 37.4 Å². The molecule has 24 heavy (non-hydrogen) atoms. The van der Waals surface area contributed by atoms with E-state index >= 15 is 0 Å². The molecule has 0 spiro atoms. The van der Waals surface area contributed by atoms with E-state index in [1.807, 2.05) is 38.7 Å². The van der Waals surface area contributed by atoms with Crippen molar-refractivity contribution in [1.82, 2.24) is 24.5 Å². The van der Waals surface area contributed by atoms with Crippen molar-refractivity contribution in [1.29, 1.82) is 0 Å². The molecule has 3 heterocycles. The first kappa shape index (κ1) is 16.9. The number of aryl methyl sites for hydroxylation is 2. The van der Waals surface area contributed by atoms with Crippen molar-refractivity contribution in [3.63, 3.8) is 0 Å². The van der Waals surface area contributed by atoms with Crippen molar-refractivity contribution >= 4 is 17.4 Å². The molecular formula is C16H21N5O2S. The van der Waals surface area contributed by atoms with Gasteiger partial charge in [0.25, 0.3) is 5.91 Å². The lowest BCUT2D eigenvalue weighted by molar-refractivity contribution is -0.0247. The van der Waals surface area contributed by atoms with Crippen LogP contribution in [0.2, 0.25) is 0 Å². The molecule has 0 radical (unpaired) electrons. The molecular weight excluding hydrogens is 326 g/mol. The fourth-order valence-corrected chi connectivity index (χ4v) is 3.58. The fraction of sp³-hybridized carbons (Fsp3) is 0.562. The van der Waals surface area contributed by atoms with Gasteiger partial charge in [-0.3, -0.25) is 4.79 Å². The van der Waals surface area contributed by atoms with Gasteiger partial charge in [0.05, 0.1) is 24.5 Å². The van der Waals surface area contributed by atoms with E-state index in [2.05, 4.69) is 19.6 Å². The topological polar surface area (TPSA) is 81.1 Å². The molecule has 3 rings (SSSR count). The van der Waals surface area contributed by atoms with E-state index in [-0.39, 0.29) is 17.9 Å². The predicted octanol–water partition coefficient (Wildman–Crippen LogP) is 2.28. The molecule has 1 amide bonds. The summed E-state index contributed by atoms with van der Waals surface area (Å²) in [5.41, 5.74) is 2.49. The number of morpholine rings is 1. The normalized spacial score (nSPS) is 18.2. The van der Waals surface area contributed by atoms with E-state index in [4.69, 9.17) is 4.74 Å². The van der Waals surface area contributed by atoms with E-state index in [1.165, 1.54) is 0 Å². The molecule has 128 valence electrons. The molecule has 0 N–H and O–H groups in total. The number of carbonyl (C=O) groups is 1. The fourth-order valence-electron chi connectivity index (χ4n) is 2.79. The number of amides is 1. The van der Waals surface area contributed by atoms with Crippen LogP contribution >= 0.6 is 11.5 Å². The minimum Gasteiger partial charge on any atom is -0.368 e. The average Bonchev–Trinajstić information content (AvgIpc) is 3.03. The van der Waals surface area contributed by atoms with E-state index in [9.17, 15) is 4.79 Å². The van der Waals surface area contributed by atoms with Gasteiger partial charge < -0.3 is 9.64 Å². The first-order valence-electron chi connectivity index (χ1n) is 8.01. The number of aromatic nitrogens is 4. The van der Waals surface area contributed by atoms with E-state index in [0.717, 1.165) is 28.6 Å². The summed E-state index contributed by atoms with van der Waals surface area (Å²) in [5, 5.41) is 4.10. The van der Waals surface area contributed by atoms with E-state index in [0.29, 0.717) is 30.4 Å². The zero-order valence-electron chi connectivity index (χ0n) is 14.3. The summed E-state index contributed by atoms with van der Waals surface area (Å²) in [6.45, 7) is 9.35. The number of ether oxygens (including phenoxy) is 1. The Hall–Kier alpha value is -1.93. The Labute approximate surface area is 145 Å². The Balaban J connectivity index is 1.80. The minimum absolute atomic E-state index is 0.0236. The van der Waals surface area contributed by atoms with Crippen molar-refractivity contribution in [2.45, 2.75) is 39.7 Å². The van der Waals surface area contributed by atoms with E-state index < -0.39 is 0 Å². The Morgan fingerprint density at radius 2 is 2.17 bits per heavy atom. The van der Waals surface area contributed by atoms with Gasteiger partial charge in [-0.25, -0.2) is 9.97 Å². The van der Waals surface area contributed by atoms with E-state index in [1.54, 1.807) is 0 Å². The maximum atomic E-state index is 12.9. The Morgan fingerprint density at radius 3 is 2.88 bits per heavy atom. The molecule has 8 heteroatoms. The SMILES string of the molecule is Cc1cc([C@@H]2CN(C(=O)c3snnc3C(C)C)CCO2)nc(C)n1. The van der Waals surface area contributed by atoms with Crippen molar-refractivity contribution in [3.05, 3.63) is 33.8 Å². The number of rotatable bonds is 3. The van der Waals surface area contributed by atoms with Crippen LogP contribution in [-0.4, -0.2) is 50.1 Å². The lowest BCUT2D eigenvalue weighted by atomic mass is 10.1. The maximum absolute atomic E-state index is 12.9. The smallest absolute Gasteiger partial charge is 0.267 e. The van der Waals surface area contributed by atoms with Gasteiger partial charge in [0, 0.05) is 12.2 Å². The highest BCUT2D eigenvalue weighted by molar-refractivity contribution is 7.08. The zero-order valence-corrected chi connectivity index (χ0v) is 15.1. The van der Waals surface area contributed by atoms with Crippen molar-refractivity contribution in [3.8, 4) is 0 Å². The monoisotopic (exact) mass is 347 g/mol. The van der Waals surface area contributed by atoms with Crippen LogP contribution in [-0.2, 0) is 4.74 Å². The first-order chi connectivity index (χ1) is 11.5. The molecule has 2 aromatic heterocycles. The van der Waals surface area contributed by atoms with Crippen LogP contribution in [0.1, 0.15) is 58.4 Å². The minimum atomic E-state index is -0.230. The van der Waals surface area contributed by atoms with Gasteiger partial charge in [0.1, 0.15) is 16.8 Å². The molecule has 1 aliphatic rings. The van der Waals surface area contributed by atoms with Gasteiger partial charge >= 0.3 is 0 Å². The number of hydrogen-bond acceptors (Lipinski definition) is 7. The first-order valence-corrected chi connectivity index (χ1v) is 8.78. The lowest BCUT2D eigenvalue weighted by Gasteiger charge is -2.32. The van der Waals surface area contributed by atoms with Gasteiger partial charge in [-0.15, -0.1) is 5.10 Å². The maximum Gasteiger partial charge on any atom is 0.267 e. The highest BCUT2D eigenvalue weighted by atomic mass is 32.1. The van der Waals surface area contributed by atoms with Crippen LogP contribution in [0.3, 0.4) is 0 Å². The second-order valence-corrected chi connectivity index (χ2v) is 6.99. The summed E-state index contributed by atoms with van der Waals surface area (Å²) in [4.78, 5) is 24.1. The third-order valence-electron chi connectivity index (χ3n) is 3.92. The summed E-state index contributed by atoms with van der Waals surface area (Å²) in [5.74, 6) is 0.863. The Kier molecular flexibility index (Phi) is 4.86. The molecule has 2 aromatic rings. The molecule has 0 bridgehead atoms. The standard InChI is InChI=1S/C16H21N5O2S/c1-9(2)14-15(24-20-19-14)16(22)21-5-6-23-13(8-21)12-7-10(3)17-11(4)18-12/h7,9,13H,5-6,8H2,1-4H3/t13-/m0/s1. The Morgan fingerprint density at radius 1 is 1.38 bits per heavy atom. The van der Waals surface area contributed by atoms with Crippen LogP contribution in [0.4, 0.5) is 0 Å². The van der Waals surface area contributed by atoms with Crippen LogP contribution < -0.4 is 0 Å². The third kappa shape index (κ3) is 3.44. The molecule has 0 aliphatic carbocycles. The quantitative estimate of drug-likeness (QED) is 0.847. The van der Waals surface area contributed by atoms with Crippen LogP contribution in [0, 0.1) is 13.8 Å². The number of hydrogen-bond donors (Lipinski definition) is 0. The molecule has 1 saturated heterocycles. The molecule has 0 saturated carbocycles. The number of carbonyl (C=O) groups excluding carboxylic acids is 1. The summed E-state index contributed by atoms with van der Waals surface area (Å²) in [7, 11) is 0. The molecule has 1 fully saturated rings. The van der Waals surface area contributed by atoms with Crippen molar-refractivity contribution < 1.29 is 9.53 Å². The summed E-state index contributed by atoms with van der Waals surface area (Å²) in [6, 6.07) is 1.92. The highest BCUT2D eigenvalue weighted by Crippen LogP contribution is 2.26. The average molecular weight is 347 g/mol. The van der Waals surface area contributed by atoms with Crippen molar-refractivity contribution in [2.75, 3.05) is 19.7 Å². The summed E-state index contributed by atoms with van der Waals surface area (Å²) in [6.07, 6.45) is -0.230. The molecule has 0 unspecified atom stereocenters. The second kappa shape index (κ2) is 6.90.